The van der Waals surface area contributed by atoms with E-state index in [1.54, 1.807) is 12.1 Å². The van der Waals surface area contributed by atoms with Gasteiger partial charge in [-0.2, -0.15) is 0 Å². The van der Waals surface area contributed by atoms with Gasteiger partial charge in [0.2, 0.25) is 11.7 Å². The summed E-state index contributed by atoms with van der Waals surface area (Å²) in [6.07, 6.45) is 8.03. The van der Waals surface area contributed by atoms with Crippen molar-refractivity contribution in [3.63, 3.8) is 0 Å². The first-order valence-electron chi connectivity index (χ1n) is 9.62. The zero-order valence-corrected chi connectivity index (χ0v) is 16.7. The van der Waals surface area contributed by atoms with Crippen molar-refractivity contribution in [1.29, 1.82) is 0 Å². The normalized spacial score (nSPS) is 30.9. The van der Waals surface area contributed by atoms with Gasteiger partial charge in [0, 0.05) is 6.42 Å². The summed E-state index contributed by atoms with van der Waals surface area (Å²) in [5.41, 5.74) is 0.150. The molecule has 0 saturated heterocycles. The van der Waals surface area contributed by atoms with Gasteiger partial charge in [-0.1, -0.05) is 11.6 Å². The van der Waals surface area contributed by atoms with Crippen LogP contribution in [0.2, 0.25) is 4.34 Å². The average molecular weight is 410 g/mol. The molecule has 1 aromatic heterocycles. The molecule has 4 aliphatic carbocycles. The van der Waals surface area contributed by atoms with E-state index in [0.29, 0.717) is 15.6 Å². The molecule has 4 fully saturated rings. The Morgan fingerprint density at radius 3 is 2.30 bits per heavy atom. The van der Waals surface area contributed by atoms with Crippen LogP contribution in [0.4, 0.5) is 0 Å². The Bertz CT molecular complexity index is 724. The Labute approximate surface area is 167 Å². The summed E-state index contributed by atoms with van der Waals surface area (Å²) in [5, 5.41) is 2.68. The minimum absolute atomic E-state index is 0.0785. The Hall–Kier alpha value is -1.40. The zero-order chi connectivity index (χ0) is 19.0. The minimum atomic E-state index is -0.593. The highest BCUT2D eigenvalue weighted by Crippen LogP contribution is 2.61. The molecule has 5 nitrogen and oxygen atoms in total. The van der Waals surface area contributed by atoms with E-state index in [2.05, 4.69) is 5.32 Å². The molecule has 4 aliphatic rings. The van der Waals surface area contributed by atoms with E-state index >= 15 is 0 Å². The molecule has 1 amide bonds. The molecule has 4 saturated carbocycles. The van der Waals surface area contributed by atoms with Gasteiger partial charge in [0.05, 0.1) is 9.21 Å². The molecule has 0 aliphatic heterocycles. The second-order valence-electron chi connectivity index (χ2n) is 8.56. The SMILES string of the molecule is O=C(CC12CC3CC(CC(C3)C1)C2)NCC(=O)OCC(=O)c1ccc(Cl)s1. The number of ether oxygens (including phenoxy) is 1. The molecular weight excluding hydrogens is 386 g/mol. The van der Waals surface area contributed by atoms with Gasteiger partial charge in [0.15, 0.2) is 6.61 Å². The van der Waals surface area contributed by atoms with Crippen LogP contribution in [0.15, 0.2) is 12.1 Å². The molecule has 0 unspecified atom stereocenters. The average Bonchev–Trinajstić information content (AvgIpc) is 3.03. The molecule has 1 aromatic rings. The standard InChI is InChI=1S/C20H24ClNO4S/c21-17-2-1-16(27-17)15(23)11-26-19(25)10-22-18(24)9-20-6-12-3-13(7-20)5-14(4-12)8-20/h1-2,12-14H,3-11H2,(H,22,24). The Balaban J connectivity index is 1.20. The van der Waals surface area contributed by atoms with E-state index < -0.39 is 5.97 Å². The molecule has 0 atom stereocenters. The topological polar surface area (TPSA) is 72.5 Å². The number of hydrogen-bond acceptors (Lipinski definition) is 5. The van der Waals surface area contributed by atoms with Crippen LogP contribution in [0.1, 0.15) is 54.6 Å². The smallest absolute Gasteiger partial charge is 0.325 e. The van der Waals surface area contributed by atoms with Crippen molar-refractivity contribution in [2.24, 2.45) is 23.2 Å². The highest BCUT2D eigenvalue weighted by atomic mass is 35.5. The van der Waals surface area contributed by atoms with E-state index in [-0.39, 0.29) is 30.3 Å². The third kappa shape index (κ3) is 4.37. The molecule has 0 spiro atoms. The van der Waals surface area contributed by atoms with E-state index in [4.69, 9.17) is 16.3 Å². The Kier molecular flexibility index (Phi) is 5.30. The molecule has 1 N–H and O–H groups in total. The number of rotatable bonds is 7. The predicted octanol–water partition coefficient (Wildman–Crippen LogP) is 3.85. The molecule has 5 rings (SSSR count). The second-order valence-corrected chi connectivity index (χ2v) is 10.3. The third-order valence-corrected chi connectivity index (χ3v) is 7.61. The fraction of sp³-hybridized carbons (Fsp3) is 0.650. The number of hydrogen-bond donors (Lipinski definition) is 1. The van der Waals surface area contributed by atoms with Gasteiger partial charge in [0.25, 0.3) is 0 Å². The van der Waals surface area contributed by atoms with Crippen LogP contribution in [0.5, 0.6) is 0 Å². The molecule has 146 valence electrons. The number of Topliss-reactive ketones (excluding diaryl/α,β-unsaturated/α-hetero) is 1. The summed E-state index contributed by atoms with van der Waals surface area (Å²) in [7, 11) is 0. The summed E-state index contributed by atoms with van der Waals surface area (Å²) in [5.74, 6) is 1.43. The second kappa shape index (κ2) is 7.55. The third-order valence-electron chi connectivity index (χ3n) is 6.34. The number of carbonyl (C=O) groups excluding carboxylic acids is 3. The van der Waals surface area contributed by atoms with Crippen molar-refractivity contribution in [1.82, 2.24) is 5.32 Å². The van der Waals surface area contributed by atoms with Gasteiger partial charge in [-0.3, -0.25) is 14.4 Å². The summed E-state index contributed by atoms with van der Waals surface area (Å²) >= 11 is 6.94. The van der Waals surface area contributed by atoms with Gasteiger partial charge >= 0.3 is 5.97 Å². The van der Waals surface area contributed by atoms with Gasteiger partial charge in [-0.25, -0.2) is 0 Å². The highest BCUT2D eigenvalue weighted by molar-refractivity contribution is 7.18. The number of halogens is 1. The molecule has 1 heterocycles. The largest absolute Gasteiger partial charge is 0.456 e. The van der Waals surface area contributed by atoms with E-state index in [1.165, 1.54) is 19.3 Å². The lowest BCUT2D eigenvalue weighted by Crippen LogP contribution is -2.48. The lowest BCUT2D eigenvalue weighted by Gasteiger charge is -2.56. The highest BCUT2D eigenvalue weighted by Gasteiger charge is 2.51. The summed E-state index contributed by atoms with van der Waals surface area (Å²) in [6, 6.07) is 3.24. The first-order chi connectivity index (χ1) is 12.9. The van der Waals surface area contributed by atoms with Crippen LogP contribution in [-0.2, 0) is 14.3 Å². The summed E-state index contributed by atoms with van der Waals surface area (Å²) in [6.45, 7) is -0.524. The minimum Gasteiger partial charge on any atom is -0.456 e. The Morgan fingerprint density at radius 1 is 1.11 bits per heavy atom. The molecule has 0 radical (unpaired) electrons. The van der Waals surface area contributed by atoms with E-state index in [9.17, 15) is 14.4 Å². The van der Waals surface area contributed by atoms with Gasteiger partial charge in [0.1, 0.15) is 6.54 Å². The zero-order valence-electron chi connectivity index (χ0n) is 15.2. The van der Waals surface area contributed by atoms with Crippen LogP contribution in [-0.4, -0.2) is 30.8 Å². The van der Waals surface area contributed by atoms with Crippen LogP contribution >= 0.6 is 22.9 Å². The first-order valence-corrected chi connectivity index (χ1v) is 10.8. The summed E-state index contributed by atoms with van der Waals surface area (Å²) < 4.78 is 5.49. The monoisotopic (exact) mass is 409 g/mol. The lowest BCUT2D eigenvalue weighted by atomic mass is 9.49. The van der Waals surface area contributed by atoms with E-state index in [0.717, 1.165) is 48.4 Å². The number of amides is 1. The van der Waals surface area contributed by atoms with E-state index in [1.807, 2.05) is 0 Å². The van der Waals surface area contributed by atoms with Gasteiger partial charge in [-0.15, -0.1) is 11.3 Å². The quantitative estimate of drug-likeness (QED) is 0.548. The van der Waals surface area contributed by atoms with Gasteiger partial charge < -0.3 is 10.1 Å². The van der Waals surface area contributed by atoms with Crippen LogP contribution in [0, 0.1) is 23.2 Å². The molecule has 4 bridgehead atoms. The Morgan fingerprint density at radius 2 is 1.74 bits per heavy atom. The van der Waals surface area contributed by atoms with Crippen molar-refractivity contribution in [2.75, 3.05) is 13.2 Å². The maximum absolute atomic E-state index is 12.4. The van der Waals surface area contributed by atoms with Crippen molar-refractivity contribution in [3.8, 4) is 0 Å². The number of nitrogens with one attached hydrogen (secondary N) is 1. The first kappa shape index (κ1) is 18.9. The molecule has 7 heteroatoms. The number of carbonyl (C=O) groups is 3. The molecular formula is C20H24ClNO4S. The molecule has 27 heavy (non-hydrogen) atoms. The van der Waals surface area contributed by atoms with Crippen molar-refractivity contribution >= 4 is 40.6 Å². The fourth-order valence-corrected chi connectivity index (χ4v) is 6.78. The number of ketones is 1. The molecule has 0 aromatic carbocycles. The van der Waals surface area contributed by atoms with Crippen LogP contribution in [0.3, 0.4) is 0 Å². The van der Waals surface area contributed by atoms with Crippen LogP contribution < -0.4 is 5.32 Å². The fourth-order valence-electron chi connectivity index (χ4n) is 5.81. The summed E-state index contributed by atoms with van der Waals surface area (Å²) in [4.78, 5) is 36.6. The van der Waals surface area contributed by atoms with Crippen molar-refractivity contribution < 1.29 is 19.1 Å². The predicted molar refractivity (Wildman–Crippen MR) is 103 cm³/mol. The maximum atomic E-state index is 12.4. The maximum Gasteiger partial charge on any atom is 0.325 e. The number of thiophene rings is 1. The number of esters is 1. The van der Waals surface area contributed by atoms with Crippen molar-refractivity contribution in [2.45, 2.75) is 44.9 Å². The van der Waals surface area contributed by atoms with Gasteiger partial charge in [-0.05, 0) is 73.8 Å². The van der Waals surface area contributed by atoms with Crippen molar-refractivity contribution in [3.05, 3.63) is 21.3 Å². The lowest BCUT2D eigenvalue weighted by molar-refractivity contribution is -0.143. The van der Waals surface area contributed by atoms with Crippen LogP contribution in [0.25, 0.3) is 0 Å².